The van der Waals surface area contributed by atoms with Crippen LogP contribution in [0.1, 0.15) is 28.4 Å². The van der Waals surface area contributed by atoms with Crippen molar-refractivity contribution < 1.29 is 14.6 Å². The first kappa shape index (κ1) is 19.2. The van der Waals surface area contributed by atoms with Crippen molar-refractivity contribution in [2.75, 3.05) is 6.61 Å². The highest BCUT2D eigenvalue weighted by molar-refractivity contribution is 5.99. The van der Waals surface area contributed by atoms with Crippen LogP contribution in [0.15, 0.2) is 72.4 Å². The number of phenolic OH excluding ortho intramolecular Hbond substituents is 1. The van der Waals surface area contributed by atoms with Crippen molar-refractivity contribution in [2.24, 2.45) is 5.10 Å². The summed E-state index contributed by atoms with van der Waals surface area (Å²) in [7, 11) is 0. The van der Waals surface area contributed by atoms with Gasteiger partial charge >= 0.3 is 0 Å². The van der Waals surface area contributed by atoms with Crippen molar-refractivity contribution in [1.29, 1.82) is 0 Å². The van der Waals surface area contributed by atoms with Crippen LogP contribution < -0.4 is 10.2 Å². The van der Waals surface area contributed by atoms with E-state index in [-0.39, 0.29) is 11.7 Å². The van der Waals surface area contributed by atoms with Crippen LogP contribution in [-0.2, 0) is 6.42 Å². The second-order valence-corrected chi connectivity index (χ2v) is 6.21. The lowest BCUT2D eigenvalue weighted by Gasteiger charge is -2.10. The quantitative estimate of drug-likeness (QED) is 0.365. The summed E-state index contributed by atoms with van der Waals surface area (Å²) < 4.78 is 5.47. The van der Waals surface area contributed by atoms with Gasteiger partial charge in [0, 0.05) is 11.1 Å². The Kier molecular flexibility index (Phi) is 6.07. The van der Waals surface area contributed by atoms with Crippen molar-refractivity contribution in [3.05, 3.63) is 83.9 Å². The number of amides is 1. The van der Waals surface area contributed by atoms with Gasteiger partial charge in [-0.25, -0.2) is 5.43 Å². The number of benzene rings is 3. The third-order valence-corrected chi connectivity index (χ3v) is 4.23. The van der Waals surface area contributed by atoms with Gasteiger partial charge in [-0.1, -0.05) is 36.4 Å². The highest BCUT2D eigenvalue weighted by Crippen LogP contribution is 2.31. The van der Waals surface area contributed by atoms with Crippen molar-refractivity contribution in [1.82, 2.24) is 5.43 Å². The number of carbonyl (C=O) groups excluding carboxylic acids is 1. The average Bonchev–Trinajstić information content (AvgIpc) is 2.71. The van der Waals surface area contributed by atoms with E-state index in [1.807, 2.05) is 43.3 Å². The number of carbonyl (C=O) groups is 1. The van der Waals surface area contributed by atoms with Crippen LogP contribution in [0.4, 0.5) is 0 Å². The number of hydrogen-bond donors (Lipinski definition) is 2. The highest BCUT2D eigenvalue weighted by Gasteiger charge is 2.10. The second kappa shape index (κ2) is 8.86. The summed E-state index contributed by atoms with van der Waals surface area (Å²) in [4.78, 5) is 12.4. The molecular weight excluding hydrogens is 352 g/mol. The predicted octanol–water partition coefficient (Wildman–Crippen LogP) is 4.44. The van der Waals surface area contributed by atoms with Gasteiger partial charge in [-0.05, 0) is 53.9 Å². The molecule has 2 N–H and O–H groups in total. The smallest absolute Gasteiger partial charge is 0.271 e. The minimum atomic E-state index is -0.294. The second-order valence-electron chi connectivity index (χ2n) is 6.21. The summed E-state index contributed by atoms with van der Waals surface area (Å²) in [6.07, 6.45) is 3.72. The van der Waals surface area contributed by atoms with Crippen LogP contribution in [0.25, 0.3) is 10.8 Å². The summed E-state index contributed by atoms with van der Waals surface area (Å²) in [5.74, 6) is 0.181. The third-order valence-electron chi connectivity index (χ3n) is 4.23. The van der Waals surface area contributed by atoms with Crippen LogP contribution in [-0.4, -0.2) is 23.8 Å². The molecule has 142 valence electrons. The van der Waals surface area contributed by atoms with Crippen molar-refractivity contribution in [2.45, 2.75) is 13.3 Å². The van der Waals surface area contributed by atoms with Crippen LogP contribution in [0.5, 0.6) is 11.5 Å². The molecule has 0 radical (unpaired) electrons. The molecule has 0 atom stereocenters. The van der Waals surface area contributed by atoms with Gasteiger partial charge in [-0.15, -0.1) is 6.58 Å². The molecular formula is C23H22N2O3. The van der Waals surface area contributed by atoms with Crippen LogP contribution in [0.3, 0.4) is 0 Å². The third kappa shape index (κ3) is 4.38. The van der Waals surface area contributed by atoms with E-state index in [9.17, 15) is 9.90 Å². The molecule has 0 aliphatic carbocycles. The van der Waals surface area contributed by atoms with E-state index in [0.717, 1.165) is 10.8 Å². The van der Waals surface area contributed by atoms with E-state index >= 15 is 0 Å². The van der Waals surface area contributed by atoms with E-state index in [0.29, 0.717) is 35.5 Å². The molecule has 5 nitrogen and oxygen atoms in total. The lowest BCUT2D eigenvalue weighted by Crippen LogP contribution is -2.17. The molecule has 3 rings (SSSR count). The van der Waals surface area contributed by atoms with E-state index in [4.69, 9.17) is 4.74 Å². The molecule has 0 aromatic heterocycles. The number of allylic oxidation sites excluding steroid dienone is 1. The van der Waals surface area contributed by atoms with Gasteiger partial charge in [0.15, 0.2) is 11.5 Å². The molecule has 0 aliphatic heterocycles. The highest BCUT2D eigenvalue weighted by atomic mass is 16.5. The number of nitrogens with one attached hydrogen (secondary N) is 1. The van der Waals surface area contributed by atoms with Gasteiger partial charge in [-0.2, -0.15) is 5.10 Å². The maximum Gasteiger partial charge on any atom is 0.271 e. The fraction of sp³-hybridized carbons (Fsp3) is 0.130. The van der Waals surface area contributed by atoms with Crippen molar-refractivity contribution in [3.63, 3.8) is 0 Å². The number of hydrazone groups is 1. The number of aromatic hydroxyl groups is 1. The average molecular weight is 374 g/mol. The maximum atomic E-state index is 12.4. The Bertz CT molecular complexity index is 1040. The molecule has 0 bridgehead atoms. The van der Waals surface area contributed by atoms with Crippen LogP contribution in [0, 0.1) is 0 Å². The Morgan fingerprint density at radius 2 is 1.96 bits per heavy atom. The number of phenols is 1. The van der Waals surface area contributed by atoms with Gasteiger partial charge in [0.1, 0.15) is 0 Å². The monoisotopic (exact) mass is 374 g/mol. The lowest BCUT2D eigenvalue weighted by molar-refractivity contribution is 0.0955. The van der Waals surface area contributed by atoms with Gasteiger partial charge < -0.3 is 9.84 Å². The zero-order valence-electron chi connectivity index (χ0n) is 15.7. The first-order valence-electron chi connectivity index (χ1n) is 9.04. The molecule has 0 heterocycles. The van der Waals surface area contributed by atoms with Crippen molar-refractivity contribution >= 4 is 22.9 Å². The normalized spacial score (nSPS) is 10.9. The summed E-state index contributed by atoms with van der Waals surface area (Å²) in [5, 5.41) is 16.3. The summed E-state index contributed by atoms with van der Waals surface area (Å²) in [6.45, 7) is 5.98. The minimum absolute atomic E-state index is 0.0964. The predicted molar refractivity (Wildman–Crippen MR) is 112 cm³/mol. The number of ether oxygens (including phenoxy) is 1. The van der Waals surface area contributed by atoms with Gasteiger partial charge in [0.25, 0.3) is 5.91 Å². The molecule has 0 saturated heterocycles. The van der Waals surface area contributed by atoms with E-state index in [2.05, 4.69) is 17.1 Å². The minimum Gasteiger partial charge on any atom is -0.504 e. The van der Waals surface area contributed by atoms with Gasteiger partial charge in [-0.3, -0.25) is 4.79 Å². The Balaban J connectivity index is 1.77. The Labute approximate surface area is 164 Å². The molecule has 0 fully saturated rings. The topological polar surface area (TPSA) is 70.9 Å². The number of hydrogen-bond acceptors (Lipinski definition) is 4. The zero-order chi connectivity index (χ0) is 19.9. The molecule has 0 unspecified atom stereocenters. The van der Waals surface area contributed by atoms with E-state index < -0.39 is 0 Å². The first-order valence-corrected chi connectivity index (χ1v) is 9.04. The largest absolute Gasteiger partial charge is 0.504 e. The molecule has 1 amide bonds. The Morgan fingerprint density at radius 1 is 1.18 bits per heavy atom. The van der Waals surface area contributed by atoms with Crippen LogP contribution >= 0.6 is 0 Å². The molecule has 28 heavy (non-hydrogen) atoms. The number of nitrogens with zero attached hydrogens (tertiary/aromatic N) is 1. The molecule has 0 saturated carbocycles. The molecule has 0 spiro atoms. The zero-order valence-corrected chi connectivity index (χ0v) is 15.7. The molecule has 3 aromatic carbocycles. The summed E-state index contributed by atoms with van der Waals surface area (Å²) >= 11 is 0. The number of fused-ring (bicyclic) bond motifs is 1. The fourth-order valence-corrected chi connectivity index (χ4v) is 2.90. The summed E-state index contributed by atoms with van der Waals surface area (Å²) in [5.41, 5.74) is 4.46. The molecule has 5 heteroatoms. The standard InChI is InChI=1S/C23H22N2O3/c1-3-7-19-12-16(13-21(22(19)26)28-4-2)15-24-25-23(27)20-11-10-17-8-5-6-9-18(17)14-20/h3,5-6,8-15,26H,1,4,7H2,2H3,(H,25,27)/b24-15-. The Morgan fingerprint density at radius 3 is 2.71 bits per heavy atom. The van der Waals surface area contributed by atoms with E-state index in [1.54, 1.807) is 24.3 Å². The van der Waals surface area contributed by atoms with Gasteiger partial charge in [0.05, 0.1) is 12.8 Å². The Hall–Kier alpha value is -3.60. The first-order chi connectivity index (χ1) is 13.6. The molecule has 0 aliphatic rings. The van der Waals surface area contributed by atoms with Crippen LogP contribution in [0.2, 0.25) is 0 Å². The SMILES string of the molecule is C=CCc1cc(/C=N\NC(=O)c2ccc3ccccc3c2)cc(OCC)c1O. The lowest BCUT2D eigenvalue weighted by atomic mass is 10.1. The number of rotatable bonds is 7. The van der Waals surface area contributed by atoms with Crippen molar-refractivity contribution in [3.8, 4) is 11.5 Å². The molecule has 3 aromatic rings. The summed E-state index contributed by atoms with van der Waals surface area (Å²) in [6, 6.07) is 16.8. The maximum absolute atomic E-state index is 12.4. The fourth-order valence-electron chi connectivity index (χ4n) is 2.90. The van der Waals surface area contributed by atoms with E-state index in [1.165, 1.54) is 6.21 Å². The van der Waals surface area contributed by atoms with Gasteiger partial charge in [0.2, 0.25) is 0 Å².